The number of hydrogen-bond acceptors (Lipinski definition) is 6. The summed E-state index contributed by atoms with van der Waals surface area (Å²) in [6.45, 7) is 0. The van der Waals surface area contributed by atoms with Crippen LogP contribution in [0.3, 0.4) is 0 Å². The third-order valence-electron chi connectivity index (χ3n) is 4.71. The molecule has 116 valence electrons. The van der Waals surface area contributed by atoms with Crippen molar-refractivity contribution in [1.82, 2.24) is 20.0 Å². The van der Waals surface area contributed by atoms with E-state index in [1.807, 2.05) is 0 Å². The number of anilines is 1. The summed E-state index contributed by atoms with van der Waals surface area (Å²) >= 11 is 1.53. The van der Waals surface area contributed by atoms with Crippen molar-refractivity contribution in [2.24, 2.45) is 0 Å². The second-order valence-corrected chi connectivity index (χ2v) is 6.98. The predicted octanol–water partition coefficient (Wildman–Crippen LogP) is 2.18. The first-order valence-corrected chi connectivity index (χ1v) is 8.82. The van der Waals surface area contributed by atoms with Crippen molar-refractivity contribution >= 4 is 16.5 Å². The van der Waals surface area contributed by atoms with Gasteiger partial charge in [-0.2, -0.15) is 5.10 Å². The van der Waals surface area contributed by atoms with Crippen LogP contribution in [0, 0.1) is 0 Å². The minimum atomic E-state index is 0.0705. The summed E-state index contributed by atoms with van der Waals surface area (Å²) in [5.74, 6) is 0. The fourth-order valence-corrected chi connectivity index (χ4v) is 4.08. The molecule has 2 aromatic heterocycles. The van der Waals surface area contributed by atoms with Crippen LogP contribution in [0.15, 0.2) is 16.4 Å². The quantitative estimate of drug-likeness (QED) is 0.939. The largest absolute Gasteiger partial charge is 0.357 e. The van der Waals surface area contributed by atoms with E-state index in [-0.39, 0.29) is 11.6 Å². The smallest absolute Gasteiger partial charge is 0.267 e. The van der Waals surface area contributed by atoms with Gasteiger partial charge in [0.15, 0.2) is 0 Å². The van der Waals surface area contributed by atoms with E-state index in [9.17, 15) is 4.79 Å². The van der Waals surface area contributed by atoms with Gasteiger partial charge in [0.2, 0.25) is 5.13 Å². The lowest BCUT2D eigenvalue weighted by Gasteiger charge is -2.29. The van der Waals surface area contributed by atoms with Crippen LogP contribution in [0.2, 0.25) is 0 Å². The molecule has 1 N–H and O–H groups in total. The van der Waals surface area contributed by atoms with E-state index in [0.717, 1.165) is 61.3 Å². The lowest BCUT2D eigenvalue weighted by molar-refractivity contribution is 0.302. The zero-order chi connectivity index (χ0) is 14.9. The Labute approximate surface area is 132 Å². The van der Waals surface area contributed by atoms with Gasteiger partial charge in [0.25, 0.3) is 5.56 Å². The van der Waals surface area contributed by atoms with E-state index in [4.69, 9.17) is 0 Å². The SMILES string of the molecule is O=c1cc2c(nn1C1CCC(Nc3nncs3)CC1)CCC2. The van der Waals surface area contributed by atoms with E-state index in [1.165, 1.54) is 11.3 Å². The molecule has 0 aromatic carbocycles. The predicted molar refractivity (Wildman–Crippen MR) is 85.3 cm³/mol. The van der Waals surface area contributed by atoms with Crippen LogP contribution in [0.5, 0.6) is 0 Å². The highest BCUT2D eigenvalue weighted by molar-refractivity contribution is 7.13. The summed E-state index contributed by atoms with van der Waals surface area (Å²) in [6.07, 6.45) is 7.21. The molecule has 0 saturated heterocycles. The molecule has 4 rings (SSSR count). The molecule has 1 saturated carbocycles. The summed E-state index contributed by atoms with van der Waals surface area (Å²) in [4.78, 5) is 12.3. The van der Waals surface area contributed by atoms with E-state index >= 15 is 0 Å². The number of rotatable bonds is 3. The molecule has 2 heterocycles. The summed E-state index contributed by atoms with van der Waals surface area (Å²) in [5.41, 5.74) is 4.10. The number of aryl methyl sites for hydroxylation is 2. The molecule has 0 amide bonds. The van der Waals surface area contributed by atoms with Gasteiger partial charge in [-0.3, -0.25) is 4.79 Å². The van der Waals surface area contributed by atoms with Crippen molar-refractivity contribution in [3.63, 3.8) is 0 Å². The first kappa shape index (κ1) is 13.9. The first-order chi connectivity index (χ1) is 10.8. The number of nitrogens with one attached hydrogen (secondary N) is 1. The van der Waals surface area contributed by atoms with Crippen molar-refractivity contribution in [3.8, 4) is 0 Å². The molecule has 6 nitrogen and oxygen atoms in total. The number of aromatic nitrogens is 4. The normalized spacial score (nSPS) is 24.2. The summed E-state index contributed by atoms with van der Waals surface area (Å²) in [7, 11) is 0. The Morgan fingerprint density at radius 1 is 1.23 bits per heavy atom. The molecular weight excluding hydrogens is 298 g/mol. The highest BCUT2D eigenvalue weighted by atomic mass is 32.1. The first-order valence-electron chi connectivity index (χ1n) is 7.94. The Hall–Kier alpha value is -1.76. The van der Waals surface area contributed by atoms with Crippen molar-refractivity contribution < 1.29 is 0 Å². The monoisotopic (exact) mass is 317 g/mol. The molecule has 0 aliphatic heterocycles. The Morgan fingerprint density at radius 3 is 2.86 bits per heavy atom. The minimum Gasteiger partial charge on any atom is -0.357 e. The van der Waals surface area contributed by atoms with Crippen LogP contribution in [0.25, 0.3) is 0 Å². The lowest BCUT2D eigenvalue weighted by Crippen LogP contribution is -2.33. The Morgan fingerprint density at radius 2 is 2.09 bits per heavy atom. The van der Waals surface area contributed by atoms with Gasteiger partial charge in [-0.05, 0) is 50.5 Å². The van der Waals surface area contributed by atoms with Crippen molar-refractivity contribution in [2.45, 2.75) is 57.0 Å². The molecular formula is C15H19N5OS. The summed E-state index contributed by atoms with van der Waals surface area (Å²) in [5, 5.41) is 16.8. The fraction of sp³-hybridized carbons (Fsp3) is 0.600. The zero-order valence-electron chi connectivity index (χ0n) is 12.4. The highest BCUT2D eigenvalue weighted by Crippen LogP contribution is 2.29. The maximum Gasteiger partial charge on any atom is 0.267 e. The van der Waals surface area contributed by atoms with Crippen molar-refractivity contribution in [3.05, 3.63) is 33.2 Å². The van der Waals surface area contributed by atoms with Crippen LogP contribution in [0.4, 0.5) is 5.13 Å². The molecule has 0 atom stereocenters. The molecule has 0 radical (unpaired) electrons. The van der Waals surface area contributed by atoms with Crippen LogP contribution < -0.4 is 10.9 Å². The van der Waals surface area contributed by atoms with Gasteiger partial charge in [-0.25, -0.2) is 4.68 Å². The van der Waals surface area contributed by atoms with Gasteiger partial charge in [0.05, 0.1) is 11.7 Å². The standard InChI is InChI=1S/C15H19N5OS/c21-14-8-10-2-1-3-13(10)19-20(14)12-6-4-11(5-7-12)17-15-18-16-9-22-15/h8-9,11-12H,1-7H2,(H,17,18). The van der Waals surface area contributed by atoms with Gasteiger partial charge in [-0.15, -0.1) is 10.2 Å². The van der Waals surface area contributed by atoms with Gasteiger partial charge >= 0.3 is 0 Å². The van der Waals surface area contributed by atoms with Crippen LogP contribution >= 0.6 is 11.3 Å². The highest BCUT2D eigenvalue weighted by Gasteiger charge is 2.25. The maximum atomic E-state index is 12.3. The second kappa shape index (κ2) is 5.79. The zero-order valence-corrected chi connectivity index (χ0v) is 13.2. The van der Waals surface area contributed by atoms with E-state index in [2.05, 4.69) is 20.6 Å². The average Bonchev–Trinajstić information content (AvgIpc) is 3.18. The third-order valence-corrected chi connectivity index (χ3v) is 5.33. The van der Waals surface area contributed by atoms with E-state index in [0.29, 0.717) is 6.04 Å². The number of nitrogens with zero attached hydrogens (tertiary/aromatic N) is 4. The average molecular weight is 317 g/mol. The molecule has 2 aromatic rings. The molecule has 22 heavy (non-hydrogen) atoms. The second-order valence-electron chi connectivity index (χ2n) is 6.15. The molecule has 0 bridgehead atoms. The van der Waals surface area contributed by atoms with Crippen molar-refractivity contribution in [2.75, 3.05) is 5.32 Å². The fourth-order valence-electron chi connectivity index (χ4n) is 3.55. The van der Waals surface area contributed by atoms with E-state index < -0.39 is 0 Å². The van der Waals surface area contributed by atoms with Crippen LogP contribution in [0.1, 0.15) is 49.4 Å². The molecule has 0 spiro atoms. The van der Waals surface area contributed by atoms with Crippen LogP contribution in [-0.4, -0.2) is 26.0 Å². The van der Waals surface area contributed by atoms with Crippen molar-refractivity contribution in [1.29, 1.82) is 0 Å². The van der Waals surface area contributed by atoms with Gasteiger partial charge in [0, 0.05) is 12.1 Å². The molecule has 1 fully saturated rings. The van der Waals surface area contributed by atoms with Gasteiger partial charge in [-0.1, -0.05) is 11.3 Å². The Balaban J connectivity index is 1.44. The maximum absolute atomic E-state index is 12.3. The van der Waals surface area contributed by atoms with Crippen LogP contribution in [-0.2, 0) is 12.8 Å². The summed E-state index contributed by atoms with van der Waals surface area (Å²) < 4.78 is 1.74. The molecule has 7 heteroatoms. The van der Waals surface area contributed by atoms with Gasteiger partial charge < -0.3 is 5.32 Å². The molecule has 2 aliphatic carbocycles. The third kappa shape index (κ3) is 2.65. The molecule has 0 unspecified atom stereocenters. The van der Waals surface area contributed by atoms with E-state index in [1.54, 1.807) is 16.3 Å². The Bertz CT molecular complexity index is 703. The number of hydrogen-bond donors (Lipinski definition) is 1. The Kier molecular flexibility index (Phi) is 3.65. The molecule has 2 aliphatic rings. The lowest BCUT2D eigenvalue weighted by atomic mass is 9.91. The minimum absolute atomic E-state index is 0.0705. The van der Waals surface area contributed by atoms with Gasteiger partial charge in [0.1, 0.15) is 5.51 Å². The topological polar surface area (TPSA) is 72.7 Å². The number of fused-ring (bicyclic) bond motifs is 1. The summed E-state index contributed by atoms with van der Waals surface area (Å²) in [6, 6.07) is 2.47.